The number of ether oxygens (including phenoxy) is 1. The van der Waals surface area contributed by atoms with Crippen LogP contribution in [0.25, 0.3) is 0 Å². The van der Waals surface area contributed by atoms with Crippen molar-refractivity contribution in [2.45, 2.75) is 58.5 Å². The summed E-state index contributed by atoms with van der Waals surface area (Å²) in [5.41, 5.74) is 1.18. The van der Waals surface area contributed by atoms with E-state index in [1.54, 1.807) is 0 Å². The van der Waals surface area contributed by atoms with Crippen LogP contribution in [0, 0.1) is 22.7 Å². The average molecular weight is 320 g/mol. The molecular formula is C19H28O4. The predicted molar refractivity (Wildman–Crippen MR) is 87.7 cm³/mol. The van der Waals surface area contributed by atoms with Crippen molar-refractivity contribution in [3.8, 4) is 0 Å². The SMILES string of the molecule is COC(=O)[C@]12CCCC=C1C1(C)C/C(=C/O)C(O)[C@H](C)[C@@H]1CC2. The maximum absolute atomic E-state index is 12.7. The molecule has 3 aliphatic carbocycles. The number of methoxy groups -OCH3 is 1. The number of carbonyl (C=O) groups is 1. The fourth-order valence-corrected chi connectivity index (χ4v) is 5.73. The van der Waals surface area contributed by atoms with Gasteiger partial charge in [-0.1, -0.05) is 25.5 Å². The van der Waals surface area contributed by atoms with Crippen molar-refractivity contribution in [2.75, 3.05) is 7.11 Å². The van der Waals surface area contributed by atoms with Crippen LogP contribution >= 0.6 is 0 Å². The van der Waals surface area contributed by atoms with E-state index >= 15 is 0 Å². The summed E-state index contributed by atoms with van der Waals surface area (Å²) in [5, 5.41) is 20.0. The number of aliphatic hydroxyl groups excluding tert-OH is 2. The van der Waals surface area contributed by atoms with Crippen molar-refractivity contribution in [2.24, 2.45) is 22.7 Å². The molecule has 0 heterocycles. The van der Waals surface area contributed by atoms with Gasteiger partial charge in [-0.3, -0.25) is 4.79 Å². The minimum Gasteiger partial charge on any atom is -0.516 e. The fourth-order valence-electron chi connectivity index (χ4n) is 5.73. The molecular weight excluding hydrogens is 292 g/mol. The lowest BCUT2D eigenvalue weighted by Crippen LogP contribution is -2.54. The third kappa shape index (κ3) is 2.18. The van der Waals surface area contributed by atoms with Crippen molar-refractivity contribution in [3.05, 3.63) is 23.5 Å². The zero-order valence-electron chi connectivity index (χ0n) is 14.3. The molecule has 2 fully saturated rings. The highest BCUT2D eigenvalue weighted by Crippen LogP contribution is 2.64. The number of rotatable bonds is 1. The van der Waals surface area contributed by atoms with Crippen LogP contribution in [0.1, 0.15) is 52.4 Å². The summed E-state index contributed by atoms with van der Waals surface area (Å²) in [7, 11) is 1.48. The molecule has 23 heavy (non-hydrogen) atoms. The Morgan fingerprint density at radius 2 is 2.17 bits per heavy atom. The van der Waals surface area contributed by atoms with Crippen LogP contribution in [0.15, 0.2) is 23.5 Å². The van der Waals surface area contributed by atoms with E-state index in [9.17, 15) is 15.0 Å². The molecule has 2 N–H and O–H groups in total. The van der Waals surface area contributed by atoms with Crippen LogP contribution in [-0.2, 0) is 9.53 Å². The van der Waals surface area contributed by atoms with Gasteiger partial charge < -0.3 is 14.9 Å². The van der Waals surface area contributed by atoms with E-state index in [0.717, 1.165) is 38.4 Å². The molecule has 0 aromatic heterocycles. The highest BCUT2D eigenvalue weighted by atomic mass is 16.5. The minimum atomic E-state index is -0.590. The van der Waals surface area contributed by atoms with Crippen LogP contribution in [-0.4, -0.2) is 29.4 Å². The summed E-state index contributed by atoms with van der Waals surface area (Å²) in [6, 6.07) is 0. The first-order valence-corrected chi connectivity index (χ1v) is 8.71. The highest BCUT2D eigenvalue weighted by molar-refractivity contribution is 5.81. The fraction of sp³-hybridized carbons (Fsp3) is 0.737. The molecule has 2 unspecified atom stereocenters. The first-order chi connectivity index (χ1) is 10.9. The average Bonchev–Trinajstić information content (AvgIpc) is 2.57. The summed E-state index contributed by atoms with van der Waals surface area (Å²) in [4.78, 5) is 12.7. The molecule has 0 aromatic carbocycles. The van der Waals surface area contributed by atoms with E-state index in [4.69, 9.17) is 4.74 Å². The van der Waals surface area contributed by atoms with Crippen LogP contribution in [0.5, 0.6) is 0 Å². The van der Waals surface area contributed by atoms with E-state index < -0.39 is 11.5 Å². The molecule has 0 spiro atoms. The summed E-state index contributed by atoms with van der Waals surface area (Å²) in [6.07, 6.45) is 7.92. The van der Waals surface area contributed by atoms with Crippen molar-refractivity contribution < 1.29 is 19.7 Å². The molecule has 128 valence electrons. The van der Waals surface area contributed by atoms with E-state index in [1.165, 1.54) is 12.7 Å². The smallest absolute Gasteiger partial charge is 0.315 e. The lowest BCUT2D eigenvalue weighted by atomic mass is 9.46. The van der Waals surface area contributed by atoms with Gasteiger partial charge in [-0.2, -0.15) is 0 Å². The molecule has 0 radical (unpaired) electrons. The molecule has 0 aliphatic heterocycles. The predicted octanol–water partition coefficient (Wildman–Crippen LogP) is 3.52. The normalized spacial score (nSPS) is 45.0. The standard InChI is InChI=1S/C19H28O4/c1-12-14-7-9-19(17(22)23-3)8-5-4-6-15(19)18(14,2)10-13(11-20)16(12)21/h6,11-12,14,16,20-21H,4-5,7-10H2,1-3H3/b13-11-/t12-,14+,16?,18?,19+/m1/s1. The summed E-state index contributed by atoms with van der Waals surface area (Å²) < 4.78 is 5.18. The van der Waals surface area contributed by atoms with Gasteiger partial charge >= 0.3 is 5.97 Å². The second-order valence-electron chi connectivity index (χ2n) is 7.83. The zero-order chi connectivity index (χ0) is 16.8. The molecule has 0 bridgehead atoms. The molecule has 3 aliphatic rings. The van der Waals surface area contributed by atoms with Gasteiger partial charge in [-0.25, -0.2) is 0 Å². The van der Waals surface area contributed by atoms with Crippen LogP contribution in [0.4, 0.5) is 0 Å². The van der Waals surface area contributed by atoms with Crippen LogP contribution in [0.3, 0.4) is 0 Å². The van der Waals surface area contributed by atoms with E-state index in [1.807, 2.05) is 0 Å². The van der Waals surface area contributed by atoms with Gasteiger partial charge in [-0.05, 0) is 61.3 Å². The number of hydrogen-bond donors (Lipinski definition) is 2. The largest absolute Gasteiger partial charge is 0.516 e. The van der Waals surface area contributed by atoms with Gasteiger partial charge in [0.05, 0.1) is 24.9 Å². The Morgan fingerprint density at radius 1 is 1.43 bits per heavy atom. The molecule has 0 amide bonds. The number of allylic oxidation sites excluding steroid dienone is 1. The maximum Gasteiger partial charge on any atom is 0.315 e. The Hall–Kier alpha value is -1.29. The van der Waals surface area contributed by atoms with E-state index in [0.29, 0.717) is 17.9 Å². The monoisotopic (exact) mass is 320 g/mol. The molecule has 0 aromatic rings. The Bertz CT molecular complexity index is 564. The Kier molecular flexibility index (Phi) is 4.07. The Morgan fingerprint density at radius 3 is 2.83 bits per heavy atom. The maximum atomic E-state index is 12.7. The van der Waals surface area contributed by atoms with Gasteiger partial charge in [0.15, 0.2) is 0 Å². The van der Waals surface area contributed by atoms with Gasteiger partial charge in [0.2, 0.25) is 0 Å². The van der Waals surface area contributed by atoms with Gasteiger partial charge in [-0.15, -0.1) is 0 Å². The summed E-state index contributed by atoms with van der Waals surface area (Å²) >= 11 is 0. The molecule has 4 heteroatoms. The molecule has 4 nitrogen and oxygen atoms in total. The van der Waals surface area contributed by atoms with E-state index in [2.05, 4.69) is 19.9 Å². The summed E-state index contributed by atoms with van der Waals surface area (Å²) in [6.45, 7) is 4.27. The van der Waals surface area contributed by atoms with Gasteiger partial charge in [0.25, 0.3) is 0 Å². The Balaban J connectivity index is 2.10. The minimum absolute atomic E-state index is 0.0747. The number of aliphatic hydroxyl groups is 2. The van der Waals surface area contributed by atoms with Crippen molar-refractivity contribution in [3.63, 3.8) is 0 Å². The number of hydrogen-bond acceptors (Lipinski definition) is 4. The van der Waals surface area contributed by atoms with Gasteiger partial charge in [0.1, 0.15) is 0 Å². The van der Waals surface area contributed by atoms with E-state index in [-0.39, 0.29) is 17.3 Å². The first kappa shape index (κ1) is 16.6. The lowest BCUT2D eigenvalue weighted by Gasteiger charge is -2.58. The third-order valence-electron chi connectivity index (χ3n) is 6.81. The molecule has 0 saturated heterocycles. The number of carbonyl (C=O) groups excluding carboxylic acids is 1. The van der Waals surface area contributed by atoms with Crippen molar-refractivity contribution in [1.29, 1.82) is 0 Å². The quantitative estimate of drug-likeness (QED) is 0.441. The molecule has 2 saturated carbocycles. The summed E-state index contributed by atoms with van der Waals surface area (Å²) in [5.74, 6) is 0.283. The van der Waals surface area contributed by atoms with Crippen molar-refractivity contribution in [1.82, 2.24) is 0 Å². The van der Waals surface area contributed by atoms with Crippen LogP contribution in [0.2, 0.25) is 0 Å². The first-order valence-electron chi connectivity index (χ1n) is 8.71. The lowest BCUT2D eigenvalue weighted by molar-refractivity contribution is -0.156. The van der Waals surface area contributed by atoms with Crippen molar-refractivity contribution >= 4 is 5.97 Å². The third-order valence-corrected chi connectivity index (χ3v) is 6.81. The molecule has 3 rings (SSSR count). The number of fused-ring (bicyclic) bond motifs is 3. The second kappa shape index (κ2) is 5.66. The topological polar surface area (TPSA) is 66.8 Å². The second-order valence-corrected chi connectivity index (χ2v) is 7.83. The zero-order valence-corrected chi connectivity index (χ0v) is 14.3. The number of esters is 1. The molecule has 5 atom stereocenters. The van der Waals surface area contributed by atoms with Crippen LogP contribution < -0.4 is 0 Å². The Labute approximate surface area is 138 Å². The highest BCUT2D eigenvalue weighted by Gasteiger charge is 2.59. The van der Waals surface area contributed by atoms with Gasteiger partial charge in [0, 0.05) is 0 Å².